The van der Waals surface area contributed by atoms with Crippen molar-refractivity contribution in [2.24, 2.45) is 5.73 Å². The molecule has 0 amide bonds. The lowest BCUT2D eigenvalue weighted by Gasteiger charge is -2.40. The summed E-state index contributed by atoms with van der Waals surface area (Å²) in [4.78, 5) is 14.1. The Morgan fingerprint density at radius 3 is 2.68 bits per heavy atom. The van der Waals surface area contributed by atoms with Gasteiger partial charge in [-0.05, 0) is 67.8 Å². The lowest BCUT2D eigenvalue weighted by atomic mass is 9.72. The van der Waals surface area contributed by atoms with Crippen molar-refractivity contribution in [1.82, 2.24) is 9.97 Å². The molecule has 0 aliphatic carbocycles. The highest BCUT2D eigenvalue weighted by molar-refractivity contribution is 6.30. The van der Waals surface area contributed by atoms with Gasteiger partial charge in [-0.15, -0.1) is 0 Å². The number of nitrogens with zero attached hydrogens (tertiary/aromatic N) is 5. The average molecular weight is 516 g/mol. The summed E-state index contributed by atoms with van der Waals surface area (Å²) in [6, 6.07) is 14.7. The van der Waals surface area contributed by atoms with Gasteiger partial charge in [0.1, 0.15) is 17.0 Å². The van der Waals surface area contributed by atoms with E-state index in [2.05, 4.69) is 33.8 Å². The van der Waals surface area contributed by atoms with E-state index in [0.29, 0.717) is 54.5 Å². The van der Waals surface area contributed by atoms with E-state index >= 15 is 0 Å². The number of hydrogen-bond acceptors (Lipinski definition) is 8. The fourth-order valence-corrected chi connectivity index (χ4v) is 5.49. The second kappa shape index (κ2) is 10.4. The summed E-state index contributed by atoms with van der Waals surface area (Å²) in [6.07, 6.45) is 5.71. The van der Waals surface area contributed by atoms with E-state index in [4.69, 9.17) is 32.5 Å². The fourth-order valence-electron chi connectivity index (χ4n) is 5.37. The monoisotopic (exact) mass is 515 g/mol. The topological polar surface area (TPSA) is 115 Å². The maximum absolute atomic E-state index is 10.6. The Labute approximate surface area is 221 Å². The second-order valence-electron chi connectivity index (χ2n) is 9.65. The van der Waals surface area contributed by atoms with E-state index in [0.717, 1.165) is 41.8 Å². The third-order valence-corrected chi connectivity index (χ3v) is 7.70. The molecule has 9 heteroatoms. The fraction of sp³-hybridized carbons (Fsp3) is 0.357. The van der Waals surface area contributed by atoms with Crippen LogP contribution in [0.15, 0.2) is 48.7 Å². The number of allylic oxidation sites excluding steroid dienone is 1. The predicted molar refractivity (Wildman–Crippen MR) is 148 cm³/mol. The summed E-state index contributed by atoms with van der Waals surface area (Å²) in [5.74, 6) is 0.796. The maximum Gasteiger partial charge on any atom is 0.130 e. The summed E-state index contributed by atoms with van der Waals surface area (Å²) in [6.45, 7) is 5.55. The van der Waals surface area contributed by atoms with Crippen LogP contribution in [0.4, 0.5) is 11.5 Å². The molecule has 0 bridgehead atoms. The standard InChI is InChI=1S/C28H30ClN7O/c1-19-17-37-15-14-36(19)25-16-23(22-7-11-33-27(26(22)34-25)24(32)6-10-30)28(18-31)8-12-35(13-9-28)21-4-2-20(29)3-5-21/h2-7,10-11,16,19,30H,8-9,12-15,17,32H2,1H3/b24-6-,30-10?/t19-/m1/s1. The molecular weight excluding hydrogens is 486 g/mol. The van der Waals surface area contributed by atoms with Gasteiger partial charge in [-0.2, -0.15) is 5.26 Å². The number of aromatic nitrogens is 2. The molecule has 0 spiro atoms. The van der Waals surface area contributed by atoms with Crippen LogP contribution in [0.3, 0.4) is 0 Å². The third-order valence-electron chi connectivity index (χ3n) is 7.45. The molecule has 8 nitrogen and oxygen atoms in total. The molecule has 2 aliphatic heterocycles. The molecule has 2 saturated heterocycles. The van der Waals surface area contributed by atoms with Crippen molar-refractivity contribution in [3.05, 3.63) is 65.0 Å². The van der Waals surface area contributed by atoms with Gasteiger partial charge >= 0.3 is 0 Å². The van der Waals surface area contributed by atoms with E-state index in [1.54, 1.807) is 6.20 Å². The molecule has 0 radical (unpaired) electrons. The largest absolute Gasteiger partial charge is 0.397 e. The molecule has 3 N–H and O–H groups in total. The minimum atomic E-state index is -0.687. The maximum atomic E-state index is 10.6. The number of ether oxygens (including phenoxy) is 1. The van der Waals surface area contributed by atoms with Crippen molar-refractivity contribution in [2.45, 2.75) is 31.2 Å². The van der Waals surface area contributed by atoms with Crippen molar-refractivity contribution < 1.29 is 4.74 Å². The summed E-state index contributed by atoms with van der Waals surface area (Å²) in [7, 11) is 0. The van der Waals surface area contributed by atoms with Gasteiger partial charge in [0, 0.05) is 48.1 Å². The highest BCUT2D eigenvalue weighted by Crippen LogP contribution is 2.42. The highest BCUT2D eigenvalue weighted by Gasteiger charge is 2.39. The number of nitrogens with one attached hydrogen (secondary N) is 1. The summed E-state index contributed by atoms with van der Waals surface area (Å²) in [5.41, 5.74) is 9.23. The van der Waals surface area contributed by atoms with Gasteiger partial charge in [-0.3, -0.25) is 4.98 Å². The normalized spacial score (nSPS) is 20.0. The Balaban J connectivity index is 1.62. The Hall–Kier alpha value is -3.67. The SMILES string of the molecule is C[C@@H]1COCCN1c1cc(C2(C#N)CCN(c3ccc(Cl)cc3)CC2)c2ccnc(/C(N)=C/C=N)c2n1. The molecule has 2 aliphatic rings. The van der Waals surface area contributed by atoms with Crippen molar-refractivity contribution in [1.29, 1.82) is 10.7 Å². The average Bonchev–Trinajstić information content (AvgIpc) is 2.93. The lowest BCUT2D eigenvalue weighted by molar-refractivity contribution is 0.0985. The minimum Gasteiger partial charge on any atom is -0.397 e. The Bertz CT molecular complexity index is 1370. The van der Waals surface area contributed by atoms with Crippen LogP contribution < -0.4 is 15.5 Å². The van der Waals surface area contributed by atoms with Gasteiger partial charge in [0.2, 0.25) is 0 Å². The van der Waals surface area contributed by atoms with Crippen molar-refractivity contribution in [3.8, 4) is 6.07 Å². The molecule has 190 valence electrons. The first-order valence-electron chi connectivity index (χ1n) is 12.5. The second-order valence-corrected chi connectivity index (χ2v) is 10.1. The molecule has 2 aromatic heterocycles. The zero-order chi connectivity index (χ0) is 26.0. The minimum absolute atomic E-state index is 0.144. The van der Waals surface area contributed by atoms with Gasteiger partial charge in [-0.25, -0.2) is 4.98 Å². The quantitative estimate of drug-likeness (QED) is 0.480. The van der Waals surface area contributed by atoms with Gasteiger partial charge in [0.05, 0.1) is 36.4 Å². The Morgan fingerprint density at radius 1 is 1.24 bits per heavy atom. The number of morpholine rings is 1. The summed E-state index contributed by atoms with van der Waals surface area (Å²) in [5, 5.41) is 19.7. The smallest absolute Gasteiger partial charge is 0.130 e. The molecule has 37 heavy (non-hydrogen) atoms. The van der Waals surface area contributed by atoms with Crippen LogP contribution in [-0.4, -0.2) is 55.1 Å². The molecule has 2 fully saturated rings. The molecular formula is C28H30ClN7O. The number of hydrogen-bond donors (Lipinski definition) is 2. The molecule has 1 atom stereocenters. The number of fused-ring (bicyclic) bond motifs is 1. The lowest BCUT2D eigenvalue weighted by Crippen LogP contribution is -2.45. The number of halogens is 1. The van der Waals surface area contributed by atoms with Crippen LogP contribution >= 0.6 is 11.6 Å². The third kappa shape index (κ3) is 4.73. The number of nitrogens with two attached hydrogens (primary N) is 1. The van der Waals surface area contributed by atoms with E-state index in [9.17, 15) is 5.26 Å². The molecule has 4 heterocycles. The van der Waals surface area contributed by atoms with Gasteiger partial charge in [0.25, 0.3) is 0 Å². The van der Waals surface area contributed by atoms with Crippen LogP contribution in [0.25, 0.3) is 16.6 Å². The van der Waals surface area contributed by atoms with Crippen LogP contribution in [0, 0.1) is 16.7 Å². The number of benzene rings is 1. The number of nitriles is 1. The number of pyridine rings is 2. The summed E-state index contributed by atoms with van der Waals surface area (Å²) >= 11 is 6.09. The van der Waals surface area contributed by atoms with Crippen molar-refractivity contribution >= 4 is 45.9 Å². The molecule has 1 aromatic carbocycles. The predicted octanol–water partition coefficient (Wildman–Crippen LogP) is 4.52. The first-order chi connectivity index (χ1) is 18.0. The van der Waals surface area contributed by atoms with Crippen LogP contribution in [-0.2, 0) is 10.2 Å². The van der Waals surface area contributed by atoms with Gasteiger partial charge < -0.3 is 25.7 Å². The molecule has 0 saturated carbocycles. The molecule has 5 rings (SSSR count). The van der Waals surface area contributed by atoms with Gasteiger partial charge in [0.15, 0.2) is 0 Å². The number of anilines is 2. The van der Waals surface area contributed by atoms with Crippen LogP contribution in [0.2, 0.25) is 5.02 Å². The Morgan fingerprint density at radius 2 is 2.00 bits per heavy atom. The van der Waals surface area contributed by atoms with Gasteiger partial charge in [-0.1, -0.05) is 11.6 Å². The Kier molecular flexibility index (Phi) is 7.00. The van der Waals surface area contributed by atoms with Crippen molar-refractivity contribution in [2.75, 3.05) is 42.6 Å². The first kappa shape index (κ1) is 25.0. The molecule has 0 unspecified atom stereocenters. The van der Waals surface area contributed by atoms with E-state index in [-0.39, 0.29) is 6.04 Å². The molecule has 3 aromatic rings. The number of piperidine rings is 1. The zero-order valence-corrected chi connectivity index (χ0v) is 21.6. The first-order valence-corrected chi connectivity index (χ1v) is 12.9. The van der Waals surface area contributed by atoms with E-state index < -0.39 is 5.41 Å². The van der Waals surface area contributed by atoms with Crippen LogP contribution in [0.5, 0.6) is 0 Å². The van der Waals surface area contributed by atoms with Crippen LogP contribution in [0.1, 0.15) is 31.0 Å². The number of rotatable bonds is 5. The van der Waals surface area contributed by atoms with E-state index in [1.165, 1.54) is 6.08 Å². The summed E-state index contributed by atoms with van der Waals surface area (Å²) < 4.78 is 5.66. The zero-order valence-electron chi connectivity index (χ0n) is 20.8. The van der Waals surface area contributed by atoms with E-state index in [1.807, 2.05) is 30.3 Å². The highest BCUT2D eigenvalue weighted by atomic mass is 35.5. The van der Waals surface area contributed by atoms with Crippen molar-refractivity contribution in [3.63, 3.8) is 0 Å².